The van der Waals surface area contributed by atoms with Crippen molar-refractivity contribution in [2.75, 3.05) is 57.9 Å². The highest BCUT2D eigenvalue weighted by atomic mass is 127. The lowest BCUT2D eigenvalue weighted by Crippen LogP contribution is -2.44. The van der Waals surface area contributed by atoms with E-state index < -0.39 is 0 Å². The lowest BCUT2D eigenvalue weighted by molar-refractivity contribution is 0.122. The summed E-state index contributed by atoms with van der Waals surface area (Å²) in [6.45, 7) is 8.70. The average Bonchev–Trinajstić information content (AvgIpc) is 3.16. The van der Waals surface area contributed by atoms with Crippen LogP contribution >= 0.6 is 24.0 Å². The lowest BCUT2D eigenvalue weighted by Gasteiger charge is -2.29. The number of likely N-dealkylation sites (tertiary alicyclic amines) is 1. The third-order valence-corrected chi connectivity index (χ3v) is 5.46. The highest BCUT2D eigenvalue weighted by Crippen LogP contribution is 2.21. The smallest absolute Gasteiger partial charge is 0.191 e. The zero-order valence-electron chi connectivity index (χ0n) is 16.9. The van der Waals surface area contributed by atoms with E-state index in [1.54, 1.807) is 13.1 Å². The van der Waals surface area contributed by atoms with Crippen LogP contribution in [0.25, 0.3) is 0 Å². The van der Waals surface area contributed by atoms with Crippen molar-refractivity contribution in [3.05, 3.63) is 29.6 Å². The topological polar surface area (TPSA) is 52.1 Å². The molecule has 2 aliphatic heterocycles. The Morgan fingerprint density at radius 3 is 2.71 bits per heavy atom. The Morgan fingerprint density at radius 2 is 2.04 bits per heavy atom. The van der Waals surface area contributed by atoms with Crippen LogP contribution in [0.5, 0.6) is 0 Å². The van der Waals surface area contributed by atoms with Crippen molar-refractivity contribution < 1.29 is 9.13 Å². The zero-order valence-corrected chi connectivity index (χ0v) is 19.2. The van der Waals surface area contributed by atoms with Crippen LogP contribution in [0, 0.1) is 5.82 Å². The second-order valence-electron chi connectivity index (χ2n) is 7.12. The summed E-state index contributed by atoms with van der Waals surface area (Å²) >= 11 is 0. The van der Waals surface area contributed by atoms with Crippen LogP contribution in [0.2, 0.25) is 0 Å². The lowest BCUT2D eigenvalue weighted by atomic mass is 10.1. The molecule has 1 atom stereocenters. The maximum Gasteiger partial charge on any atom is 0.191 e. The SMILES string of the molecule is CCN1CCCC1CNC(=NC)NCc1ccc(N2CCOCC2)c(F)c1.I. The van der Waals surface area contributed by atoms with E-state index in [-0.39, 0.29) is 29.8 Å². The summed E-state index contributed by atoms with van der Waals surface area (Å²) in [7, 11) is 1.77. The predicted octanol–water partition coefficient (Wildman–Crippen LogP) is 2.43. The van der Waals surface area contributed by atoms with Gasteiger partial charge in [0.25, 0.3) is 0 Å². The molecule has 3 rings (SSSR count). The molecular weight excluding hydrogens is 472 g/mol. The molecule has 6 nitrogen and oxygen atoms in total. The molecule has 1 aromatic carbocycles. The van der Waals surface area contributed by atoms with Crippen LogP contribution < -0.4 is 15.5 Å². The minimum atomic E-state index is -0.177. The zero-order chi connectivity index (χ0) is 19.1. The first kappa shape index (κ1) is 23.2. The Labute approximate surface area is 184 Å². The van der Waals surface area contributed by atoms with E-state index in [1.165, 1.54) is 19.4 Å². The standard InChI is InChI=1S/C20H32FN5O.HI/c1-3-25-8-4-5-17(25)15-24-20(22-2)23-14-16-6-7-19(18(21)13-16)26-9-11-27-12-10-26;/h6-7,13,17H,3-5,8-12,14-15H2,1-2H3,(H2,22,23,24);1H. The van der Waals surface area contributed by atoms with Gasteiger partial charge in [-0.2, -0.15) is 0 Å². The van der Waals surface area contributed by atoms with E-state index in [0.717, 1.165) is 37.7 Å². The van der Waals surface area contributed by atoms with E-state index in [9.17, 15) is 4.39 Å². The second-order valence-corrected chi connectivity index (χ2v) is 7.12. The number of aliphatic imine (C=N–C) groups is 1. The molecule has 0 spiro atoms. The van der Waals surface area contributed by atoms with E-state index >= 15 is 0 Å². The Bertz CT molecular complexity index is 639. The van der Waals surface area contributed by atoms with Gasteiger partial charge in [-0.25, -0.2) is 4.39 Å². The summed E-state index contributed by atoms with van der Waals surface area (Å²) in [6.07, 6.45) is 2.49. The summed E-state index contributed by atoms with van der Waals surface area (Å²) in [5.41, 5.74) is 1.56. The summed E-state index contributed by atoms with van der Waals surface area (Å²) in [4.78, 5) is 8.83. The van der Waals surface area contributed by atoms with Gasteiger partial charge in [-0.3, -0.25) is 9.89 Å². The van der Waals surface area contributed by atoms with Gasteiger partial charge in [-0.1, -0.05) is 13.0 Å². The molecule has 2 saturated heterocycles. The quantitative estimate of drug-likeness (QED) is 0.354. The van der Waals surface area contributed by atoms with Gasteiger partial charge in [-0.05, 0) is 43.6 Å². The fraction of sp³-hybridized carbons (Fsp3) is 0.650. The molecule has 2 heterocycles. The van der Waals surface area contributed by atoms with Crippen LogP contribution in [-0.2, 0) is 11.3 Å². The first-order valence-electron chi connectivity index (χ1n) is 10.0. The fourth-order valence-corrected chi connectivity index (χ4v) is 3.88. The number of halogens is 2. The summed E-state index contributed by atoms with van der Waals surface area (Å²) in [6, 6.07) is 6.02. The summed E-state index contributed by atoms with van der Waals surface area (Å²) in [5, 5.41) is 6.69. The van der Waals surface area contributed by atoms with Gasteiger partial charge in [0.2, 0.25) is 0 Å². The highest BCUT2D eigenvalue weighted by Gasteiger charge is 2.22. The molecule has 28 heavy (non-hydrogen) atoms. The van der Waals surface area contributed by atoms with Crippen molar-refractivity contribution in [2.45, 2.75) is 32.4 Å². The summed E-state index contributed by atoms with van der Waals surface area (Å²) in [5.74, 6) is 0.583. The molecule has 0 amide bonds. The van der Waals surface area contributed by atoms with Crippen LogP contribution in [-0.4, -0.2) is 69.9 Å². The number of nitrogens with zero attached hydrogens (tertiary/aromatic N) is 3. The number of hydrogen-bond acceptors (Lipinski definition) is 4. The van der Waals surface area contributed by atoms with Gasteiger partial charge >= 0.3 is 0 Å². The monoisotopic (exact) mass is 505 g/mol. The molecule has 0 saturated carbocycles. The molecule has 8 heteroatoms. The minimum Gasteiger partial charge on any atom is -0.378 e. The van der Waals surface area contributed by atoms with Crippen LogP contribution in [0.15, 0.2) is 23.2 Å². The number of ether oxygens (including phenoxy) is 1. The second kappa shape index (κ2) is 11.8. The van der Waals surface area contributed by atoms with Crippen LogP contribution in [0.3, 0.4) is 0 Å². The van der Waals surface area contributed by atoms with Crippen LogP contribution in [0.4, 0.5) is 10.1 Å². The molecule has 2 fully saturated rings. The van der Waals surface area contributed by atoms with Crippen molar-refractivity contribution in [3.63, 3.8) is 0 Å². The normalized spacial score (nSPS) is 20.8. The number of guanidine groups is 1. The Morgan fingerprint density at radius 1 is 1.25 bits per heavy atom. The average molecular weight is 505 g/mol. The Kier molecular flexibility index (Phi) is 9.73. The Balaban J connectivity index is 0.00000280. The number of rotatable bonds is 6. The van der Waals surface area contributed by atoms with E-state index in [2.05, 4.69) is 27.4 Å². The van der Waals surface area contributed by atoms with Crippen molar-refractivity contribution in [1.82, 2.24) is 15.5 Å². The van der Waals surface area contributed by atoms with Gasteiger partial charge in [0.05, 0.1) is 18.9 Å². The van der Waals surface area contributed by atoms with Gasteiger partial charge < -0.3 is 20.3 Å². The minimum absolute atomic E-state index is 0. The van der Waals surface area contributed by atoms with Gasteiger partial charge in [0, 0.05) is 39.3 Å². The third-order valence-electron chi connectivity index (χ3n) is 5.46. The van der Waals surface area contributed by atoms with E-state index in [4.69, 9.17) is 4.74 Å². The molecule has 2 N–H and O–H groups in total. The molecule has 158 valence electrons. The number of hydrogen-bond donors (Lipinski definition) is 2. The molecule has 1 unspecified atom stereocenters. The van der Waals surface area contributed by atoms with E-state index in [1.807, 2.05) is 17.0 Å². The number of nitrogens with one attached hydrogen (secondary N) is 2. The molecule has 0 aliphatic carbocycles. The molecule has 0 radical (unpaired) electrons. The predicted molar refractivity (Wildman–Crippen MR) is 123 cm³/mol. The van der Waals surface area contributed by atoms with Crippen molar-refractivity contribution in [1.29, 1.82) is 0 Å². The van der Waals surface area contributed by atoms with Crippen molar-refractivity contribution in [2.24, 2.45) is 4.99 Å². The fourth-order valence-electron chi connectivity index (χ4n) is 3.88. The molecule has 0 bridgehead atoms. The number of likely N-dealkylation sites (N-methyl/N-ethyl adjacent to an activating group) is 1. The highest BCUT2D eigenvalue weighted by molar-refractivity contribution is 14.0. The molecule has 0 aromatic heterocycles. The molecular formula is C20H33FIN5O. The first-order chi connectivity index (χ1) is 13.2. The van der Waals surface area contributed by atoms with Crippen LogP contribution in [0.1, 0.15) is 25.3 Å². The molecule has 1 aromatic rings. The van der Waals surface area contributed by atoms with Crippen molar-refractivity contribution in [3.8, 4) is 0 Å². The van der Waals surface area contributed by atoms with Gasteiger partial charge in [0.1, 0.15) is 5.82 Å². The van der Waals surface area contributed by atoms with Crippen molar-refractivity contribution >= 4 is 35.6 Å². The number of morpholine rings is 1. The summed E-state index contributed by atoms with van der Waals surface area (Å²) < 4.78 is 19.9. The van der Waals surface area contributed by atoms with Gasteiger partial charge in [-0.15, -0.1) is 24.0 Å². The number of anilines is 1. The molecule has 2 aliphatic rings. The number of benzene rings is 1. The van der Waals surface area contributed by atoms with E-state index in [0.29, 0.717) is 31.5 Å². The van der Waals surface area contributed by atoms with Gasteiger partial charge in [0.15, 0.2) is 5.96 Å². The largest absolute Gasteiger partial charge is 0.378 e. The maximum absolute atomic E-state index is 14.5. The maximum atomic E-state index is 14.5. The Hall–Kier alpha value is -1.13. The third kappa shape index (κ3) is 6.18. The first-order valence-corrected chi connectivity index (χ1v) is 10.0.